The van der Waals surface area contributed by atoms with E-state index >= 15 is 0 Å². The van der Waals surface area contributed by atoms with Gasteiger partial charge in [-0.1, -0.05) is 42.5 Å². The standard InChI is InChI=1S/C34H39N5O5/c1-33(32(42)39-27(15-20-9-5-4-6-10-20)31(41)38-14-8-13-28(38)34(39,43)44-33)35-30(40)22-16-24-23-11-7-12-25-29(23)21(18-36(25)2)17-26(24)37(3)19-22/h4-7,9-12,18,22,24,26-28,43H,8,13-17,19H2,1-3H3,(H,35,40)/t22?,24?,26?,27-,28?,33+,34-/m0/s1. The van der Waals surface area contributed by atoms with Crippen LogP contribution in [0.1, 0.15) is 48.8 Å². The van der Waals surface area contributed by atoms with E-state index in [2.05, 4.69) is 53.3 Å². The maximum absolute atomic E-state index is 14.2. The average molecular weight is 598 g/mol. The van der Waals surface area contributed by atoms with Crippen LogP contribution in [0.15, 0.2) is 54.7 Å². The third-order valence-electron chi connectivity index (χ3n) is 10.9. The first kappa shape index (κ1) is 27.8. The van der Waals surface area contributed by atoms with E-state index in [0.717, 1.165) is 12.0 Å². The summed E-state index contributed by atoms with van der Waals surface area (Å²) < 4.78 is 8.44. The number of aryl methyl sites for hydroxylation is 1. The highest BCUT2D eigenvalue weighted by atomic mass is 16.7. The van der Waals surface area contributed by atoms with Gasteiger partial charge in [0.25, 0.3) is 11.8 Å². The van der Waals surface area contributed by atoms with Crippen molar-refractivity contribution in [3.63, 3.8) is 0 Å². The van der Waals surface area contributed by atoms with Gasteiger partial charge in [0.2, 0.25) is 17.5 Å². The fourth-order valence-electron chi connectivity index (χ4n) is 8.93. The molecule has 0 saturated carbocycles. The number of hydrogen-bond donors (Lipinski definition) is 2. The molecule has 0 spiro atoms. The summed E-state index contributed by atoms with van der Waals surface area (Å²) in [5.74, 6) is -3.30. The summed E-state index contributed by atoms with van der Waals surface area (Å²) in [5.41, 5.74) is 2.88. The van der Waals surface area contributed by atoms with E-state index in [1.54, 1.807) is 4.90 Å². The summed E-state index contributed by atoms with van der Waals surface area (Å²) in [6.45, 7) is 2.56. The summed E-state index contributed by atoms with van der Waals surface area (Å²) in [4.78, 5) is 47.1. The van der Waals surface area contributed by atoms with Crippen LogP contribution < -0.4 is 5.32 Å². The molecule has 0 bridgehead atoms. The van der Waals surface area contributed by atoms with Gasteiger partial charge in [-0.05, 0) is 62.4 Å². The van der Waals surface area contributed by atoms with Gasteiger partial charge < -0.3 is 24.8 Å². The van der Waals surface area contributed by atoms with Gasteiger partial charge >= 0.3 is 0 Å². The Labute approximate surface area is 256 Å². The number of benzene rings is 2. The second-order valence-corrected chi connectivity index (χ2v) is 13.6. The molecule has 4 saturated heterocycles. The molecule has 4 unspecified atom stereocenters. The Morgan fingerprint density at radius 3 is 2.70 bits per heavy atom. The lowest BCUT2D eigenvalue weighted by atomic mass is 9.72. The van der Waals surface area contributed by atoms with Gasteiger partial charge in [0, 0.05) is 55.6 Å². The summed E-state index contributed by atoms with van der Waals surface area (Å²) in [6, 6.07) is 14.6. The molecule has 5 heterocycles. The fourth-order valence-corrected chi connectivity index (χ4v) is 8.93. The number of carbonyl (C=O) groups is 3. The van der Waals surface area contributed by atoms with Crippen LogP contribution in [0.5, 0.6) is 0 Å². The molecule has 2 N–H and O–H groups in total. The topological polar surface area (TPSA) is 107 Å². The molecule has 1 aliphatic carbocycles. The number of carbonyl (C=O) groups excluding carboxylic acids is 3. The Morgan fingerprint density at radius 2 is 1.91 bits per heavy atom. The molecule has 7 atom stereocenters. The minimum Gasteiger partial charge on any atom is -0.350 e. The molecular formula is C34H39N5O5. The molecular weight excluding hydrogens is 558 g/mol. The van der Waals surface area contributed by atoms with Crippen LogP contribution in [0.2, 0.25) is 0 Å². The number of aliphatic hydroxyl groups is 1. The number of aromatic nitrogens is 1. The lowest BCUT2D eigenvalue weighted by Crippen LogP contribution is -2.71. The highest BCUT2D eigenvalue weighted by molar-refractivity contribution is 5.97. The van der Waals surface area contributed by atoms with Gasteiger partial charge in [-0.2, -0.15) is 0 Å². The first-order valence-electron chi connectivity index (χ1n) is 15.8. The van der Waals surface area contributed by atoms with Gasteiger partial charge in [0.1, 0.15) is 12.1 Å². The van der Waals surface area contributed by atoms with Gasteiger partial charge in [0.05, 0.1) is 5.92 Å². The highest BCUT2D eigenvalue weighted by Gasteiger charge is 2.70. The molecule has 4 fully saturated rings. The molecule has 4 aliphatic heterocycles. The Kier molecular flexibility index (Phi) is 6.08. The quantitative estimate of drug-likeness (QED) is 0.477. The second kappa shape index (κ2) is 9.63. The number of nitrogens with zero attached hydrogens (tertiary/aromatic N) is 4. The van der Waals surface area contributed by atoms with E-state index in [1.165, 1.54) is 33.9 Å². The summed E-state index contributed by atoms with van der Waals surface area (Å²) >= 11 is 0. The van der Waals surface area contributed by atoms with Gasteiger partial charge in [-0.3, -0.25) is 24.0 Å². The molecule has 8 rings (SSSR count). The Hall–Kier alpha value is -3.73. The van der Waals surface area contributed by atoms with Crippen molar-refractivity contribution in [2.75, 3.05) is 20.1 Å². The van der Waals surface area contributed by atoms with Crippen molar-refractivity contribution in [3.05, 3.63) is 71.4 Å². The zero-order valence-electron chi connectivity index (χ0n) is 25.4. The minimum atomic E-state index is -2.03. The van der Waals surface area contributed by atoms with E-state index in [-0.39, 0.29) is 36.1 Å². The minimum absolute atomic E-state index is 0.173. The van der Waals surface area contributed by atoms with Gasteiger partial charge in [-0.25, -0.2) is 0 Å². The van der Waals surface area contributed by atoms with Crippen molar-refractivity contribution in [2.45, 2.75) is 74.7 Å². The van der Waals surface area contributed by atoms with Crippen LogP contribution in [0, 0.1) is 5.92 Å². The molecule has 3 amide bonds. The number of amides is 3. The third kappa shape index (κ3) is 3.87. The Bertz CT molecular complexity index is 1690. The van der Waals surface area contributed by atoms with Crippen LogP contribution in [0.25, 0.3) is 10.9 Å². The van der Waals surface area contributed by atoms with Crippen molar-refractivity contribution in [3.8, 4) is 0 Å². The zero-order valence-corrected chi connectivity index (χ0v) is 25.4. The first-order valence-corrected chi connectivity index (χ1v) is 15.8. The lowest BCUT2D eigenvalue weighted by molar-refractivity contribution is -0.315. The lowest BCUT2D eigenvalue weighted by Gasteiger charge is -2.48. The largest absolute Gasteiger partial charge is 0.350 e. The van der Waals surface area contributed by atoms with E-state index in [0.29, 0.717) is 32.4 Å². The van der Waals surface area contributed by atoms with E-state index in [1.807, 2.05) is 30.3 Å². The van der Waals surface area contributed by atoms with Crippen LogP contribution in [-0.2, 0) is 39.0 Å². The Morgan fingerprint density at radius 1 is 1.11 bits per heavy atom. The van der Waals surface area contributed by atoms with E-state index in [9.17, 15) is 19.5 Å². The van der Waals surface area contributed by atoms with Crippen molar-refractivity contribution >= 4 is 28.6 Å². The van der Waals surface area contributed by atoms with E-state index in [4.69, 9.17) is 4.74 Å². The zero-order chi connectivity index (χ0) is 30.5. The van der Waals surface area contributed by atoms with Crippen molar-refractivity contribution in [2.24, 2.45) is 13.0 Å². The summed E-state index contributed by atoms with van der Waals surface area (Å²) in [5, 5.41) is 16.3. The molecule has 2 aromatic carbocycles. The molecule has 3 aromatic rings. The van der Waals surface area contributed by atoms with Crippen molar-refractivity contribution in [1.29, 1.82) is 0 Å². The fraction of sp³-hybridized carbons (Fsp3) is 0.500. The van der Waals surface area contributed by atoms with Crippen LogP contribution in [0.4, 0.5) is 0 Å². The smallest absolute Gasteiger partial charge is 0.280 e. The molecule has 5 aliphatic rings. The highest BCUT2D eigenvalue weighted by Crippen LogP contribution is 2.47. The molecule has 230 valence electrons. The Balaban J connectivity index is 1.08. The number of nitrogens with one attached hydrogen (secondary N) is 1. The average Bonchev–Trinajstić information content (AvgIpc) is 3.68. The molecule has 44 heavy (non-hydrogen) atoms. The van der Waals surface area contributed by atoms with Crippen LogP contribution in [0.3, 0.4) is 0 Å². The predicted molar refractivity (Wildman–Crippen MR) is 162 cm³/mol. The SMILES string of the molecule is CN1CC(C(=O)N[C@]2(C)O[C@@]3(O)C4CCCN4C(=O)[C@H](Cc4ccccc4)N3C2=O)CC2c3cccc4c3c(cn4C)CC21. The molecule has 10 heteroatoms. The number of piperazine rings is 1. The maximum Gasteiger partial charge on any atom is 0.280 e. The summed E-state index contributed by atoms with van der Waals surface area (Å²) in [7, 11) is 4.15. The first-order chi connectivity index (χ1) is 21.1. The molecule has 1 aromatic heterocycles. The van der Waals surface area contributed by atoms with Crippen LogP contribution >= 0.6 is 0 Å². The third-order valence-corrected chi connectivity index (χ3v) is 10.9. The van der Waals surface area contributed by atoms with Gasteiger partial charge in [0.15, 0.2) is 0 Å². The molecule has 10 nitrogen and oxygen atoms in total. The maximum atomic E-state index is 14.2. The summed E-state index contributed by atoms with van der Waals surface area (Å²) in [6.07, 6.45) is 5.27. The van der Waals surface area contributed by atoms with Crippen molar-refractivity contribution < 1.29 is 24.2 Å². The van der Waals surface area contributed by atoms with E-state index < -0.39 is 29.6 Å². The number of ether oxygens (including phenoxy) is 1. The van der Waals surface area contributed by atoms with Crippen LogP contribution in [-0.4, -0.2) is 92.0 Å². The molecule has 0 radical (unpaired) electrons. The number of likely N-dealkylation sites (N-methyl/N-ethyl adjacent to an activating group) is 1. The number of rotatable bonds is 4. The van der Waals surface area contributed by atoms with Crippen molar-refractivity contribution in [1.82, 2.24) is 24.6 Å². The number of fused-ring (bicyclic) bond motifs is 5. The predicted octanol–water partition coefficient (Wildman–Crippen LogP) is 2.09. The normalized spacial score (nSPS) is 34.7. The van der Waals surface area contributed by atoms with Gasteiger partial charge in [-0.15, -0.1) is 0 Å². The second-order valence-electron chi connectivity index (χ2n) is 13.6. The number of likely N-dealkylation sites (tertiary alicyclic amines) is 1. The number of piperidine rings is 1. The number of hydrogen-bond acceptors (Lipinski definition) is 6. The monoisotopic (exact) mass is 597 g/mol.